The van der Waals surface area contributed by atoms with Crippen LogP contribution in [0.15, 0.2) is 24.3 Å². The lowest BCUT2D eigenvalue weighted by atomic mass is 10.0. The van der Waals surface area contributed by atoms with Crippen molar-refractivity contribution in [1.82, 2.24) is 4.90 Å². The van der Waals surface area contributed by atoms with E-state index in [9.17, 15) is 0 Å². The summed E-state index contributed by atoms with van der Waals surface area (Å²) in [6.45, 7) is 6.63. The molecular formula is C14H22Cl2N2. The van der Waals surface area contributed by atoms with Crippen LogP contribution >= 0.6 is 24.0 Å². The van der Waals surface area contributed by atoms with Gasteiger partial charge in [0.2, 0.25) is 0 Å². The predicted octanol–water partition coefficient (Wildman–Crippen LogP) is 3.49. The van der Waals surface area contributed by atoms with E-state index in [0.29, 0.717) is 18.0 Å². The molecule has 0 saturated carbocycles. The average molecular weight is 289 g/mol. The minimum absolute atomic E-state index is 0. The first-order chi connectivity index (χ1) is 8.08. The molecule has 0 radical (unpaired) electrons. The fourth-order valence-electron chi connectivity index (χ4n) is 2.55. The van der Waals surface area contributed by atoms with Crippen LogP contribution in [-0.4, -0.2) is 24.0 Å². The van der Waals surface area contributed by atoms with Gasteiger partial charge in [-0.25, -0.2) is 0 Å². The van der Waals surface area contributed by atoms with Crippen LogP contribution in [-0.2, 0) is 0 Å². The zero-order valence-corrected chi connectivity index (χ0v) is 12.5. The number of hydrogen-bond acceptors (Lipinski definition) is 2. The van der Waals surface area contributed by atoms with E-state index in [1.54, 1.807) is 0 Å². The summed E-state index contributed by atoms with van der Waals surface area (Å²) in [6.07, 6.45) is 1.22. The van der Waals surface area contributed by atoms with Gasteiger partial charge in [-0.3, -0.25) is 4.90 Å². The van der Waals surface area contributed by atoms with E-state index >= 15 is 0 Å². The highest BCUT2D eigenvalue weighted by molar-refractivity contribution is 6.30. The van der Waals surface area contributed by atoms with Gasteiger partial charge in [-0.05, 0) is 50.4 Å². The van der Waals surface area contributed by atoms with Crippen molar-refractivity contribution in [2.75, 3.05) is 13.1 Å². The van der Waals surface area contributed by atoms with Gasteiger partial charge in [0, 0.05) is 23.7 Å². The molecule has 2 nitrogen and oxygen atoms in total. The highest BCUT2D eigenvalue weighted by atomic mass is 35.5. The number of nitrogens with two attached hydrogens (primary N) is 1. The van der Waals surface area contributed by atoms with Gasteiger partial charge in [0.1, 0.15) is 0 Å². The first-order valence-electron chi connectivity index (χ1n) is 6.33. The van der Waals surface area contributed by atoms with Crippen LogP contribution in [0.5, 0.6) is 0 Å². The van der Waals surface area contributed by atoms with E-state index in [1.165, 1.54) is 12.0 Å². The molecule has 1 fully saturated rings. The second-order valence-corrected chi connectivity index (χ2v) is 5.57. The summed E-state index contributed by atoms with van der Waals surface area (Å²) in [5.41, 5.74) is 7.31. The molecule has 0 aromatic heterocycles. The Morgan fingerprint density at radius 2 is 1.89 bits per heavy atom. The van der Waals surface area contributed by atoms with Gasteiger partial charge in [-0.15, -0.1) is 12.4 Å². The fraction of sp³-hybridized carbons (Fsp3) is 0.571. The third kappa shape index (κ3) is 3.61. The molecule has 18 heavy (non-hydrogen) atoms. The van der Waals surface area contributed by atoms with E-state index in [-0.39, 0.29) is 12.4 Å². The first kappa shape index (κ1) is 15.8. The van der Waals surface area contributed by atoms with Crippen LogP contribution in [0, 0.1) is 5.92 Å². The number of hydrogen-bond donors (Lipinski definition) is 1. The summed E-state index contributed by atoms with van der Waals surface area (Å²) < 4.78 is 0. The standard InChI is InChI=1S/C14H21ClN2.ClH/c1-10(16)13-7-8-17(9-13)11(2)12-3-5-14(15)6-4-12;/h3-6,10-11,13H,7-9,16H2,1-2H3;1H. The molecule has 2 rings (SSSR count). The molecule has 3 unspecified atom stereocenters. The summed E-state index contributed by atoms with van der Waals surface area (Å²) >= 11 is 5.91. The van der Waals surface area contributed by atoms with Crippen LogP contribution in [0.25, 0.3) is 0 Å². The SMILES string of the molecule is CC(N)C1CCN(C(C)c2ccc(Cl)cc2)C1.Cl. The summed E-state index contributed by atoms with van der Waals surface area (Å²) in [5, 5.41) is 0.802. The molecule has 0 spiro atoms. The molecule has 2 N–H and O–H groups in total. The largest absolute Gasteiger partial charge is 0.328 e. The molecule has 4 heteroatoms. The Bertz CT molecular complexity index is 365. The predicted molar refractivity (Wildman–Crippen MR) is 80.4 cm³/mol. The maximum absolute atomic E-state index is 5.97. The lowest BCUT2D eigenvalue weighted by Crippen LogP contribution is -2.30. The molecule has 1 aromatic rings. The van der Waals surface area contributed by atoms with Gasteiger partial charge in [0.15, 0.2) is 0 Å². The van der Waals surface area contributed by atoms with E-state index < -0.39 is 0 Å². The molecule has 0 amide bonds. The number of halogens is 2. The zero-order chi connectivity index (χ0) is 12.4. The monoisotopic (exact) mass is 288 g/mol. The smallest absolute Gasteiger partial charge is 0.0406 e. The van der Waals surface area contributed by atoms with Crippen molar-refractivity contribution in [3.05, 3.63) is 34.9 Å². The van der Waals surface area contributed by atoms with Gasteiger partial charge >= 0.3 is 0 Å². The zero-order valence-electron chi connectivity index (χ0n) is 11.0. The molecular weight excluding hydrogens is 267 g/mol. The number of likely N-dealkylation sites (tertiary alicyclic amines) is 1. The van der Waals surface area contributed by atoms with Crippen LogP contribution in [0.4, 0.5) is 0 Å². The summed E-state index contributed by atoms with van der Waals surface area (Å²) in [4.78, 5) is 2.51. The normalized spacial score (nSPS) is 23.4. The molecule has 1 aromatic carbocycles. The summed E-state index contributed by atoms with van der Waals surface area (Å²) in [7, 11) is 0. The number of rotatable bonds is 3. The van der Waals surface area contributed by atoms with Crippen molar-refractivity contribution in [3.8, 4) is 0 Å². The van der Waals surface area contributed by atoms with Crippen molar-refractivity contribution in [2.24, 2.45) is 11.7 Å². The van der Waals surface area contributed by atoms with Crippen LogP contribution in [0.1, 0.15) is 31.9 Å². The maximum Gasteiger partial charge on any atom is 0.0406 e. The lowest BCUT2D eigenvalue weighted by Gasteiger charge is -2.25. The van der Waals surface area contributed by atoms with Gasteiger partial charge in [0.25, 0.3) is 0 Å². The van der Waals surface area contributed by atoms with Crippen molar-refractivity contribution < 1.29 is 0 Å². The quantitative estimate of drug-likeness (QED) is 0.923. The average Bonchev–Trinajstić information content (AvgIpc) is 2.78. The molecule has 0 aliphatic carbocycles. The van der Waals surface area contributed by atoms with Crippen molar-refractivity contribution in [2.45, 2.75) is 32.4 Å². The Hall–Kier alpha value is -0.280. The van der Waals surface area contributed by atoms with Crippen LogP contribution in [0.2, 0.25) is 5.02 Å². The molecule has 1 heterocycles. The molecule has 0 bridgehead atoms. The highest BCUT2D eigenvalue weighted by Crippen LogP contribution is 2.28. The van der Waals surface area contributed by atoms with Crippen LogP contribution in [0.3, 0.4) is 0 Å². The molecule has 1 aliphatic heterocycles. The minimum Gasteiger partial charge on any atom is -0.328 e. The molecule has 3 atom stereocenters. The van der Waals surface area contributed by atoms with E-state index in [1.807, 2.05) is 12.1 Å². The fourth-order valence-corrected chi connectivity index (χ4v) is 2.67. The van der Waals surface area contributed by atoms with Crippen LogP contribution < -0.4 is 5.73 Å². The topological polar surface area (TPSA) is 29.3 Å². The van der Waals surface area contributed by atoms with Gasteiger partial charge in [-0.2, -0.15) is 0 Å². The van der Waals surface area contributed by atoms with E-state index in [2.05, 4.69) is 30.9 Å². The Labute approximate surface area is 121 Å². The van der Waals surface area contributed by atoms with Gasteiger partial charge in [-0.1, -0.05) is 23.7 Å². The number of benzene rings is 1. The Balaban J connectivity index is 0.00000162. The molecule has 1 aliphatic rings. The molecule has 102 valence electrons. The Morgan fingerprint density at radius 1 is 1.28 bits per heavy atom. The van der Waals surface area contributed by atoms with Crippen molar-refractivity contribution in [3.63, 3.8) is 0 Å². The summed E-state index contributed by atoms with van der Waals surface area (Å²) in [6, 6.07) is 8.92. The molecule has 1 saturated heterocycles. The van der Waals surface area contributed by atoms with Crippen molar-refractivity contribution in [1.29, 1.82) is 0 Å². The lowest BCUT2D eigenvalue weighted by molar-refractivity contribution is 0.248. The third-order valence-electron chi connectivity index (χ3n) is 3.90. The minimum atomic E-state index is 0. The number of nitrogens with zero attached hydrogens (tertiary/aromatic N) is 1. The first-order valence-corrected chi connectivity index (χ1v) is 6.71. The van der Waals surface area contributed by atoms with E-state index in [4.69, 9.17) is 17.3 Å². The second kappa shape index (κ2) is 6.76. The van der Waals surface area contributed by atoms with E-state index in [0.717, 1.165) is 18.1 Å². The van der Waals surface area contributed by atoms with Gasteiger partial charge < -0.3 is 5.73 Å². The Kier molecular flexibility index (Phi) is 5.93. The second-order valence-electron chi connectivity index (χ2n) is 5.13. The highest BCUT2D eigenvalue weighted by Gasteiger charge is 2.28. The Morgan fingerprint density at radius 3 is 2.39 bits per heavy atom. The third-order valence-corrected chi connectivity index (χ3v) is 4.15. The van der Waals surface area contributed by atoms with Gasteiger partial charge in [0.05, 0.1) is 0 Å². The summed E-state index contributed by atoms with van der Waals surface area (Å²) in [5.74, 6) is 0.643. The maximum atomic E-state index is 5.97. The van der Waals surface area contributed by atoms with Crippen molar-refractivity contribution >= 4 is 24.0 Å².